The SMILES string of the molecule is CCOCCCc1nc(C(N)C2CC2)no1. The Morgan fingerprint density at radius 3 is 3.06 bits per heavy atom. The van der Waals surface area contributed by atoms with Crippen molar-refractivity contribution in [2.24, 2.45) is 11.7 Å². The van der Waals surface area contributed by atoms with Crippen LogP contribution in [0.2, 0.25) is 0 Å². The average molecular weight is 225 g/mol. The number of nitrogens with zero attached hydrogens (tertiary/aromatic N) is 2. The van der Waals surface area contributed by atoms with Gasteiger partial charge in [0.15, 0.2) is 5.82 Å². The maximum absolute atomic E-state index is 5.98. The molecule has 5 heteroatoms. The fourth-order valence-electron chi connectivity index (χ4n) is 1.64. The van der Waals surface area contributed by atoms with Crippen molar-refractivity contribution in [1.29, 1.82) is 0 Å². The van der Waals surface area contributed by atoms with Crippen molar-refractivity contribution in [3.8, 4) is 0 Å². The number of hydrogen-bond donors (Lipinski definition) is 1. The molecule has 0 radical (unpaired) electrons. The molecule has 1 aliphatic carbocycles. The zero-order valence-electron chi connectivity index (χ0n) is 9.69. The summed E-state index contributed by atoms with van der Waals surface area (Å²) in [5.41, 5.74) is 5.98. The molecule has 0 bridgehead atoms. The highest BCUT2D eigenvalue weighted by molar-refractivity contribution is 4.99. The molecule has 16 heavy (non-hydrogen) atoms. The molecule has 1 aromatic rings. The lowest BCUT2D eigenvalue weighted by atomic mass is 10.2. The van der Waals surface area contributed by atoms with Crippen molar-refractivity contribution in [2.45, 2.75) is 38.6 Å². The topological polar surface area (TPSA) is 74.2 Å². The number of hydrogen-bond acceptors (Lipinski definition) is 5. The normalized spacial score (nSPS) is 17.6. The summed E-state index contributed by atoms with van der Waals surface area (Å²) in [5.74, 6) is 1.90. The molecule has 0 amide bonds. The van der Waals surface area contributed by atoms with Gasteiger partial charge in [0.2, 0.25) is 5.89 Å². The van der Waals surface area contributed by atoms with Gasteiger partial charge in [-0.2, -0.15) is 4.98 Å². The van der Waals surface area contributed by atoms with Gasteiger partial charge in [-0.3, -0.25) is 0 Å². The van der Waals surface area contributed by atoms with E-state index in [1.807, 2.05) is 6.92 Å². The van der Waals surface area contributed by atoms with E-state index in [4.69, 9.17) is 15.0 Å². The second-order valence-corrected chi connectivity index (χ2v) is 4.21. The number of nitrogens with two attached hydrogens (primary N) is 1. The average Bonchev–Trinajstić information content (AvgIpc) is 3.03. The third-order valence-corrected chi connectivity index (χ3v) is 2.80. The van der Waals surface area contributed by atoms with E-state index >= 15 is 0 Å². The summed E-state index contributed by atoms with van der Waals surface area (Å²) in [6.07, 6.45) is 4.06. The van der Waals surface area contributed by atoms with E-state index in [-0.39, 0.29) is 6.04 Å². The van der Waals surface area contributed by atoms with Crippen LogP contribution in [-0.4, -0.2) is 23.4 Å². The Kier molecular flexibility index (Phi) is 3.90. The molecule has 0 saturated heterocycles. The lowest BCUT2D eigenvalue weighted by molar-refractivity contribution is 0.143. The molecule has 1 aliphatic rings. The van der Waals surface area contributed by atoms with E-state index in [1.165, 1.54) is 12.8 Å². The summed E-state index contributed by atoms with van der Waals surface area (Å²) < 4.78 is 10.4. The van der Waals surface area contributed by atoms with E-state index < -0.39 is 0 Å². The molecule has 0 aromatic carbocycles. The summed E-state index contributed by atoms with van der Waals surface area (Å²) in [6, 6.07) is -0.0376. The second kappa shape index (κ2) is 5.41. The van der Waals surface area contributed by atoms with E-state index in [9.17, 15) is 0 Å². The number of rotatable bonds is 7. The predicted octanol–water partition coefficient (Wildman–Crippen LogP) is 1.45. The minimum absolute atomic E-state index is 0.0376. The largest absolute Gasteiger partial charge is 0.382 e. The Labute approximate surface area is 95.3 Å². The molecule has 0 spiro atoms. The Balaban J connectivity index is 1.77. The molecule has 90 valence electrons. The molecule has 5 nitrogen and oxygen atoms in total. The summed E-state index contributed by atoms with van der Waals surface area (Å²) >= 11 is 0. The summed E-state index contributed by atoms with van der Waals surface area (Å²) in [5, 5.41) is 3.92. The van der Waals surface area contributed by atoms with Gasteiger partial charge in [-0.15, -0.1) is 0 Å². The molecule has 1 saturated carbocycles. The molecule has 1 atom stereocenters. The van der Waals surface area contributed by atoms with Crippen LogP contribution in [0.25, 0.3) is 0 Å². The van der Waals surface area contributed by atoms with Crippen molar-refractivity contribution >= 4 is 0 Å². The summed E-state index contributed by atoms with van der Waals surface area (Å²) in [6.45, 7) is 3.48. The minimum atomic E-state index is -0.0376. The first-order chi connectivity index (χ1) is 7.81. The first-order valence-electron chi connectivity index (χ1n) is 5.97. The van der Waals surface area contributed by atoms with E-state index in [0.29, 0.717) is 17.6 Å². The van der Waals surface area contributed by atoms with Crippen molar-refractivity contribution in [3.05, 3.63) is 11.7 Å². The third-order valence-electron chi connectivity index (χ3n) is 2.80. The maximum atomic E-state index is 5.98. The van der Waals surface area contributed by atoms with Gasteiger partial charge in [0.25, 0.3) is 0 Å². The van der Waals surface area contributed by atoms with Crippen LogP contribution < -0.4 is 5.73 Å². The molecular weight excluding hydrogens is 206 g/mol. The summed E-state index contributed by atoms with van der Waals surface area (Å²) in [7, 11) is 0. The Bertz CT molecular complexity index is 323. The van der Waals surface area contributed by atoms with Crippen LogP contribution in [0, 0.1) is 5.92 Å². The smallest absolute Gasteiger partial charge is 0.226 e. The van der Waals surface area contributed by atoms with Gasteiger partial charge in [0.05, 0.1) is 6.04 Å². The van der Waals surface area contributed by atoms with Crippen LogP contribution in [-0.2, 0) is 11.2 Å². The predicted molar refractivity (Wildman–Crippen MR) is 58.8 cm³/mol. The Morgan fingerprint density at radius 1 is 1.56 bits per heavy atom. The zero-order valence-corrected chi connectivity index (χ0v) is 9.69. The fraction of sp³-hybridized carbons (Fsp3) is 0.818. The highest BCUT2D eigenvalue weighted by atomic mass is 16.5. The van der Waals surface area contributed by atoms with Gasteiger partial charge in [0, 0.05) is 19.6 Å². The van der Waals surface area contributed by atoms with E-state index in [2.05, 4.69) is 10.1 Å². The van der Waals surface area contributed by atoms with Crippen molar-refractivity contribution in [1.82, 2.24) is 10.1 Å². The third kappa shape index (κ3) is 3.02. The maximum Gasteiger partial charge on any atom is 0.226 e. The minimum Gasteiger partial charge on any atom is -0.382 e. The highest BCUT2D eigenvalue weighted by Crippen LogP contribution is 2.38. The van der Waals surface area contributed by atoms with Crippen molar-refractivity contribution in [2.75, 3.05) is 13.2 Å². The molecule has 1 unspecified atom stereocenters. The van der Waals surface area contributed by atoms with Crippen LogP contribution in [0.15, 0.2) is 4.52 Å². The Morgan fingerprint density at radius 2 is 2.38 bits per heavy atom. The van der Waals surface area contributed by atoms with Crippen molar-refractivity contribution in [3.63, 3.8) is 0 Å². The lowest BCUT2D eigenvalue weighted by Gasteiger charge is -2.01. The molecule has 0 aliphatic heterocycles. The molecule has 1 fully saturated rings. The standard InChI is InChI=1S/C11H19N3O2/c1-2-15-7-3-4-9-13-11(14-16-9)10(12)8-5-6-8/h8,10H,2-7,12H2,1H3. The van der Waals surface area contributed by atoms with Crippen LogP contribution in [0.1, 0.15) is 43.9 Å². The fourth-order valence-corrected chi connectivity index (χ4v) is 1.64. The van der Waals surface area contributed by atoms with E-state index in [0.717, 1.165) is 26.1 Å². The molecule has 2 rings (SSSR count). The summed E-state index contributed by atoms with van der Waals surface area (Å²) in [4.78, 5) is 4.31. The first kappa shape index (κ1) is 11.5. The molecular formula is C11H19N3O2. The quantitative estimate of drug-likeness (QED) is 0.711. The molecule has 1 aromatic heterocycles. The molecule has 2 N–H and O–H groups in total. The number of aryl methyl sites for hydroxylation is 1. The number of ether oxygens (including phenoxy) is 1. The van der Waals surface area contributed by atoms with Gasteiger partial charge >= 0.3 is 0 Å². The van der Waals surface area contributed by atoms with Gasteiger partial charge in [-0.05, 0) is 32.1 Å². The van der Waals surface area contributed by atoms with Crippen LogP contribution in [0.4, 0.5) is 0 Å². The monoisotopic (exact) mass is 225 g/mol. The van der Waals surface area contributed by atoms with Gasteiger partial charge in [-0.25, -0.2) is 0 Å². The number of aromatic nitrogens is 2. The van der Waals surface area contributed by atoms with Gasteiger partial charge < -0.3 is 15.0 Å². The van der Waals surface area contributed by atoms with Gasteiger partial charge in [-0.1, -0.05) is 5.16 Å². The van der Waals surface area contributed by atoms with Crippen LogP contribution >= 0.6 is 0 Å². The second-order valence-electron chi connectivity index (χ2n) is 4.21. The van der Waals surface area contributed by atoms with Crippen LogP contribution in [0.5, 0.6) is 0 Å². The van der Waals surface area contributed by atoms with Crippen LogP contribution in [0.3, 0.4) is 0 Å². The van der Waals surface area contributed by atoms with Crippen molar-refractivity contribution < 1.29 is 9.26 Å². The Hall–Kier alpha value is -0.940. The lowest BCUT2D eigenvalue weighted by Crippen LogP contribution is -2.14. The highest BCUT2D eigenvalue weighted by Gasteiger charge is 2.32. The van der Waals surface area contributed by atoms with Gasteiger partial charge in [0.1, 0.15) is 0 Å². The van der Waals surface area contributed by atoms with E-state index in [1.54, 1.807) is 0 Å². The zero-order chi connectivity index (χ0) is 11.4. The first-order valence-corrected chi connectivity index (χ1v) is 5.97. The molecule has 1 heterocycles.